The van der Waals surface area contributed by atoms with Crippen molar-refractivity contribution in [1.29, 1.82) is 0 Å². The summed E-state index contributed by atoms with van der Waals surface area (Å²) in [7, 11) is 1.28. The molecule has 0 aliphatic carbocycles. The van der Waals surface area contributed by atoms with Crippen LogP contribution in [0.4, 0.5) is 0 Å². The average Bonchev–Trinajstić information content (AvgIpc) is 2.37. The highest BCUT2D eigenvalue weighted by molar-refractivity contribution is 5.87. The Morgan fingerprint density at radius 3 is 2.53 bits per heavy atom. The van der Waals surface area contributed by atoms with Gasteiger partial charge in [0.2, 0.25) is 5.91 Å². The number of esters is 1. The van der Waals surface area contributed by atoms with E-state index in [9.17, 15) is 9.59 Å². The van der Waals surface area contributed by atoms with Crippen molar-refractivity contribution in [3.63, 3.8) is 0 Å². The molecule has 3 N–H and O–H groups in total. The molecule has 1 rings (SSSR count). The third-order valence-corrected chi connectivity index (χ3v) is 2.99. The molecular weight excluding hydrogens is 224 g/mol. The molecule has 6 heteroatoms. The van der Waals surface area contributed by atoms with Crippen molar-refractivity contribution < 1.29 is 19.1 Å². The summed E-state index contributed by atoms with van der Waals surface area (Å²) in [4.78, 5) is 22.9. The molecule has 98 valence electrons. The Kier molecular flexibility index (Phi) is 5.37. The Hall–Kier alpha value is -1.14. The van der Waals surface area contributed by atoms with Crippen LogP contribution in [0, 0.1) is 5.92 Å². The molecule has 2 atom stereocenters. The molecule has 1 aliphatic heterocycles. The highest BCUT2D eigenvalue weighted by Crippen LogP contribution is 2.17. The fraction of sp³-hybridized carbons (Fsp3) is 0.818. The van der Waals surface area contributed by atoms with E-state index in [1.54, 1.807) is 6.92 Å². The molecule has 0 aromatic heterocycles. The molecule has 17 heavy (non-hydrogen) atoms. The fourth-order valence-corrected chi connectivity index (χ4v) is 1.83. The van der Waals surface area contributed by atoms with Crippen LogP contribution in [0.15, 0.2) is 0 Å². The SMILES string of the molecule is COC(=O)C(C)NC(=O)C(N)C1CCOCC1. The molecule has 0 spiro atoms. The van der Waals surface area contributed by atoms with Crippen LogP contribution in [0.25, 0.3) is 0 Å². The van der Waals surface area contributed by atoms with Crippen molar-refractivity contribution in [2.24, 2.45) is 11.7 Å². The Labute approximate surface area is 101 Å². The molecule has 1 saturated heterocycles. The van der Waals surface area contributed by atoms with E-state index in [-0.39, 0.29) is 11.8 Å². The van der Waals surface area contributed by atoms with E-state index >= 15 is 0 Å². The van der Waals surface area contributed by atoms with Crippen molar-refractivity contribution in [1.82, 2.24) is 5.32 Å². The van der Waals surface area contributed by atoms with Crippen LogP contribution in [-0.2, 0) is 19.1 Å². The third kappa shape index (κ3) is 3.98. The van der Waals surface area contributed by atoms with Crippen LogP contribution >= 0.6 is 0 Å². The Morgan fingerprint density at radius 2 is 2.00 bits per heavy atom. The molecule has 0 radical (unpaired) electrons. The summed E-state index contributed by atoms with van der Waals surface area (Å²) in [5.74, 6) is -0.666. The largest absolute Gasteiger partial charge is 0.467 e. The molecule has 1 amide bonds. The molecule has 0 aromatic carbocycles. The fourth-order valence-electron chi connectivity index (χ4n) is 1.83. The Bertz CT molecular complexity index is 277. The zero-order chi connectivity index (χ0) is 12.8. The van der Waals surface area contributed by atoms with Crippen LogP contribution in [0.2, 0.25) is 0 Å². The number of nitrogens with one attached hydrogen (secondary N) is 1. The van der Waals surface area contributed by atoms with Gasteiger partial charge in [0.1, 0.15) is 6.04 Å². The number of ether oxygens (including phenoxy) is 2. The Morgan fingerprint density at radius 1 is 1.41 bits per heavy atom. The number of hydrogen-bond donors (Lipinski definition) is 2. The van der Waals surface area contributed by atoms with Crippen molar-refractivity contribution in [3.05, 3.63) is 0 Å². The minimum atomic E-state index is -0.668. The van der Waals surface area contributed by atoms with Gasteiger partial charge in [-0.2, -0.15) is 0 Å². The zero-order valence-electron chi connectivity index (χ0n) is 10.3. The second-order valence-electron chi connectivity index (χ2n) is 4.23. The summed E-state index contributed by atoms with van der Waals surface area (Å²) in [6.07, 6.45) is 1.56. The molecule has 0 aromatic rings. The first-order chi connectivity index (χ1) is 8.06. The van der Waals surface area contributed by atoms with Gasteiger partial charge in [-0.15, -0.1) is 0 Å². The first-order valence-corrected chi connectivity index (χ1v) is 5.77. The Balaban J connectivity index is 2.43. The highest BCUT2D eigenvalue weighted by Gasteiger charge is 2.28. The minimum Gasteiger partial charge on any atom is -0.467 e. The maximum atomic E-state index is 11.8. The highest BCUT2D eigenvalue weighted by atomic mass is 16.5. The van der Waals surface area contributed by atoms with Crippen LogP contribution in [-0.4, -0.2) is 44.3 Å². The van der Waals surface area contributed by atoms with Gasteiger partial charge in [0, 0.05) is 13.2 Å². The van der Waals surface area contributed by atoms with E-state index < -0.39 is 18.1 Å². The maximum Gasteiger partial charge on any atom is 0.328 e. The monoisotopic (exact) mass is 244 g/mol. The minimum absolute atomic E-state index is 0.119. The summed E-state index contributed by atoms with van der Waals surface area (Å²) in [5.41, 5.74) is 5.86. The lowest BCUT2D eigenvalue weighted by Crippen LogP contribution is -2.51. The standard InChI is InChI=1S/C11H20N2O4/c1-7(11(15)16-2)13-10(14)9(12)8-3-5-17-6-4-8/h7-9H,3-6,12H2,1-2H3,(H,13,14). The molecule has 2 unspecified atom stereocenters. The van der Waals surface area contributed by atoms with E-state index in [4.69, 9.17) is 10.5 Å². The van der Waals surface area contributed by atoms with Gasteiger partial charge in [-0.1, -0.05) is 0 Å². The quantitative estimate of drug-likeness (QED) is 0.646. The van der Waals surface area contributed by atoms with E-state index in [2.05, 4.69) is 10.1 Å². The first kappa shape index (κ1) is 13.9. The topological polar surface area (TPSA) is 90.7 Å². The van der Waals surface area contributed by atoms with E-state index in [0.717, 1.165) is 12.8 Å². The average molecular weight is 244 g/mol. The lowest BCUT2D eigenvalue weighted by Gasteiger charge is -2.27. The molecule has 1 heterocycles. The summed E-state index contributed by atoms with van der Waals surface area (Å²) in [6, 6.07) is -1.26. The predicted molar refractivity (Wildman–Crippen MR) is 61.1 cm³/mol. The number of carbonyl (C=O) groups excluding carboxylic acids is 2. The molecule has 1 aliphatic rings. The van der Waals surface area contributed by atoms with Gasteiger partial charge in [0.25, 0.3) is 0 Å². The van der Waals surface area contributed by atoms with Gasteiger partial charge in [-0.3, -0.25) is 4.79 Å². The van der Waals surface area contributed by atoms with Gasteiger partial charge in [0.05, 0.1) is 13.2 Å². The summed E-state index contributed by atoms with van der Waals surface area (Å²) in [6.45, 7) is 2.84. The molecule has 1 fully saturated rings. The predicted octanol–water partition coefficient (Wildman–Crippen LogP) is -0.582. The normalized spacial score (nSPS) is 20.4. The zero-order valence-corrected chi connectivity index (χ0v) is 10.3. The smallest absolute Gasteiger partial charge is 0.328 e. The van der Waals surface area contributed by atoms with Gasteiger partial charge < -0.3 is 20.5 Å². The van der Waals surface area contributed by atoms with E-state index in [1.807, 2.05) is 0 Å². The van der Waals surface area contributed by atoms with Gasteiger partial charge in [0.15, 0.2) is 0 Å². The van der Waals surface area contributed by atoms with Gasteiger partial charge in [-0.05, 0) is 25.7 Å². The number of nitrogens with two attached hydrogens (primary N) is 1. The summed E-state index contributed by atoms with van der Waals surface area (Å²) in [5, 5.41) is 2.55. The van der Waals surface area contributed by atoms with Crippen LogP contribution < -0.4 is 11.1 Å². The molecule has 0 bridgehead atoms. The van der Waals surface area contributed by atoms with Crippen LogP contribution in [0.5, 0.6) is 0 Å². The van der Waals surface area contributed by atoms with Crippen molar-refractivity contribution >= 4 is 11.9 Å². The second kappa shape index (κ2) is 6.56. The van der Waals surface area contributed by atoms with Crippen molar-refractivity contribution in [3.8, 4) is 0 Å². The number of rotatable bonds is 4. The maximum absolute atomic E-state index is 11.8. The summed E-state index contributed by atoms with van der Waals surface area (Å²) >= 11 is 0. The number of methoxy groups -OCH3 is 1. The van der Waals surface area contributed by atoms with E-state index in [0.29, 0.717) is 13.2 Å². The first-order valence-electron chi connectivity index (χ1n) is 5.77. The van der Waals surface area contributed by atoms with Crippen molar-refractivity contribution in [2.45, 2.75) is 31.8 Å². The lowest BCUT2D eigenvalue weighted by molar-refractivity contribution is -0.144. The number of carbonyl (C=O) groups is 2. The number of hydrogen-bond acceptors (Lipinski definition) is 5. The summed E-state index contributed by atoms with van der Waals surface area (Å²) < 4.78 is 9.73. The molecular formula is C11H20N2O4. The lowest BCUT2D eigenvalue weighted by atomic mass is 9.92. The van der Waals surface area contributed by atoms with E-state index in [1.165, 1.54) is 7.11 Å². The number of amides is 1. The van der Waals surface area contributed by atoms with Crippen LogP contribution in [0.3, 0.4) is 0 Å². The molecule has 6 nitrogen and oxygen atoms in total. The van der Waals surface area contributed by atoms with Gasteiger partial charge >= 0.3 is 5.97 Å². The second-order valence-corrected chi connectivity index (χ2v) is 4.23. The van der Waals surface area contributed by atoms with Crippen LogP contribution in [0.1, 0.15) is 19.8 Å². The molecule has 0 saturated carbocycles. The van der Waals surface area contributed by atoms with Gasteiger partial charge in [-0.25, -0.2) is 4.79 Å². The third-order valence-electron chi connectivity index (χ3n) is 2.99. The van der Waals surface area contributed by atoms with Crippen molar-refractivity contribution in [2.75, 3.05) is 20.3 Å².